The third-order valence-corrected chi connectivity index (χ3v) is 7.88. The lowest BCUT2D eigenvalue weighted by atomic mass is 10.0. The summed E-state index contributed by atoms with van der Waals surface area (Å²) in [7, 11) is 5.23. The summed E-state index contributed by atoms with van der Waals surface area (Å²) in [6, 6.07) is 16.4. The predicted octanol–water partition coefficient (Wildman–Crippen LogP) is 7.00. The number of hydrogen-bond donors (Lipinski definition) is 1. The third-order valence-electron chi connectivity index (χ3n) is 7.88. The maximum Gasteiger partial charge on any atom is 0.415 e. The van der Waals surface area contributed by atoms with Crippen LogP contribution in [-0.2, 0) is 17.8 Å². The molecule has 0 unspecified atom stereocenters. The van der Waals surface area contributed by atoms with Gasteiger partial charge >= 0.3 is 12.3 Å². The van der Waals surface area contributed by atoms with E-state index >= 15 is 0 Å². The molecule has 0 aliphatic carbocycles. The van der Waals surface area contributed by atoms with Crippen molar-refractivity contribution in [3.8, 4) is 17.1 Å². The minimum absolute atomic E-state index is 0.221. The number of rotatable bonds is 8. The number of amides is 1. The molecule has 45 heavy (non-hydrogen) atoms. The highest BCUT2D eigenvalue weighted by molar-refractivity contribution is 5.97. The fraction of sp³-hybridized carbons (Fsp3) is 0.455. The van der Waals surface area contributed by atoms with Crippen LogP contribution >= 0.6 is 0 Å². The molecule has 12 heteroatoms. The standard InChI is InChI=1S/C33H41F3N6O3/c1-32(2,3)45-31(43)40(5)30-19-27(38-42(30)20-22-10-12-24(44-6)13-11-22)29-18-25-26(37-23-14-16-39(4)17-15-23)8-7-9-28(25)41(29)21-33(34,35)36/h7-13,18-19,23,37H,14-17,20-21H2,1-6H3. The van der Waals surface area contributed by atoms with E-state index in [0.717, 1.165) is 37.2 Å². The number of nitrogens with zero attached hydrogens (tertiary/aromatic N) is 5. The lowest BCUT2D eigenvalue weighted by Crippen LogP contribution is -2.36. The molecule has 1 aliphatic rings. The fourth-order valence-corrected chi connectivity index (χ4v) is 5.59. The predicted molar refractivity (Wildman–Crippen MR) is 170 cm³/mol. The number of ether oxygens (including phenoxy) is 2. The van der Waals surface area contributed by atoms with Gasteiger partial charge in [-0.3, -0.25) is 4.90 Å². The Labute approximate surface area is 261 Å². The zero-order valence-electron chi connectivity index (χ0n) is 26.6. The lowest BCUT2D eigenvalue weighted by molar-refractivity contribution is -0.139. The second-order valence-electron chi connectivity index (χ2n) is 12.6. The molecule has 9 nitrogen and oxygen atoms in total. The van der Waals surface area contributed by atoms with E-state index in [1.807, 2.05) is 30.3 Å². The van der Waals surface area contributed by atoms with Gasteiger partial charge in [0, 0.05) is 30.2 Å². The van der Waals surface area contributed by atoms with E-state index in [0.29, 0.717) is 33.9 Å². The highest BCUT2D eigenvalue weighted by Gasteiger charge is 2.32. The largest absolute Gasteiger partial charge is 0.497 e. The molecular formula is C33H41F3N6O3. The van der Waals surface area contributed by atoms with Crippen molar-refractivity contribution in [1.82, 2.24) is 19.2 Å². The van der Waals surface area contributed by atoms with Crippen LogP contribution in [0.2, 0.25) is 0 Å². The number of hydrogen-bond acceptors (Lipinski definition) is 6. The number of alkyl halides is 3. The van der Waals surface area contributed by atoms with Crippen molar-refractivity contribution in [3.63, 3.8) is 0 Å². The summed E-state index contributed by atoms with van der Waals surface area (Å²) < 4.78 is 55.8. The van der Waals surface area contributed by atoms with Crippen LogP contribution in [0.25, 0.3) is 22.3 Å². The molecule has 1 saturated heterocycles. The first-order valence-corrected chi connectivity index (χ1v) is 15.0. The minimum atomic E-state index is -4.47. The molecule has 0 atom stereocenters. The molecule has 3 heterocycles. The van der Waals surface area contributed by atoms with E-state index in [9.17, 15) is 18.0 Å². The number of methoxy groups -OCH3 is 1. The monoisotopic (exact) mass is 626 g/mol. The summed E-state index contributed by atoms with van der Waals surface area (Å²) in [4.78, 5) is 16.7. The summed E-state index contributed by atoms with van der Waals surface area (Å²) in [6.45, 7) is 6.28. The third kappa shape index (κ3) is 7.73. The summed E-state index contributed by atoms with van der Waals surface area (Å²) in [5.74, 6) is 1.07. The molecule has 1 N–H and O–H groups in total. The second-order valence-corrected chi connectivity index (χ2v) is 12.6. The van der Waals surface area contributed by atoms with Crippen LogP contribution in [0.1, 0.15) is 39.2 Å². The Morgan fingerprint density at radius 1 is 1.07 bits per heavy atom. The fourth-order valence-electron chi connectivity index (χ4n) is 5.59. The first-order chi connectivity index (χ1) is 21.2. The summed E-state index contributed by atoms with van der Waals surface area (Å²) in [5.41, 5.74) is 1.96. The molecular weight excluding hydrogens is 585 g/mol. The quantitative estimate of drug-likeness (QED) is 0.227. The van der Waals surface area contributed by atoms with Crippen molar-refractivity contribution in [3.05, 3.63) is 60.2 Å². The van der Waals surface area contributed by atoms with Gasteiger partial charge in [-0.25, -0.2) is 9.48 Å². The van der Waals surface area contributed by atoms with E-state index in [1.165, 1.54) is 9.47 Å². The molecule has 4 aromatic rings. The van der Waals surface area contributed by atoms with Crippen molar-refractivity contribution in [2.24, 2.45) is 0 Å². The van der Waals surface area contributed by atoms with Crippen LogP contribution in [0, 0.1) is 0 Å². The number of aromatic nitrogens is 3. The molecule has 2 aromatic heterocycles. The maximum atomic E-state index is 14.0. The maximum absolute atomic E-state index is 14.0. The number of carbonyl (C=O) groups is 1. The molecule has 0 radical (unpaired) electrons. The summed E-state index contributed by atoms with van der Waals surface area (Å²) in [6.07, 6.45) is -3.19. The van der Waals surface area contributed by atoms with E-state index in [2.05, 4.69) is 17.3 Å². The zero-order chi connectivity index (χ0) is 32.5. The van der Waals surface area contributed by atoms with E-state index < -0.39 is 24.4 Å². The number of fused-ring (bicyclic) bond motifs is 1. The zero-order valence-corrected chi connectivity index (χ0v) is 26.6. The van der Waals surface area contributed by atoms with Crippen LogP contribution < -0.4 is 15.0 Å². The molecule has 0 saturated carbocycles. The number of carbonyl (C=O) groups excluding carboxylic acids is 1. The highest BCUT2D eigenvalue weighted by atomic mass is 19.4. The highest BCUT2D eigenvalue weighted by Crippen LogP contribution is 2.37. The van der Waals surface area contributed by atoms with Gasteiger partial charge in [-0.15, -0.1) is 0 Å². The van der Waals surface area contributed by atoms with Gasteiger partial charge in [0.25, 0.3) is 0 Å². The van der Waals surface area contributed by atoms with Crippen LogP contribution in [0.15, 0.2) is 54.6 Å². The van der Waals surface area contributed by atoms with Crippen molar-refractivity contribution < 1.29 is 27.4 Å². The van der Waals surface area contributed by atoms with E-state index in [-0.39, 0.29) is 12.6 Å². The molecule has 0 bridgehead atoms. The van der Waals surface area contributed by atoms with Crippen molar-refractivity contribution in [1.29, 1.82) is 0 Å². The number of likely N-dealkylation sites (tertiary alicyclic amines) is 1. The second kappa shape index (κ2) is 12.7. The van der Waals surface area contributed by atoms with Crippen molar-refractivity contribution >= 4 is 28.5 Å². The van der Waals surface area contributed by atoms with Gasteiger partial charge in [0.2, 0.25) is 0 Å². The van der Waals surface area contributed by atoms with Crippen LogP contribution in [0.4, 0.5) is 29.5 Å². The van der Waals surface area contributed by atoms with Crippen LogP contribution in [0.3, 0.4) is 0 Å². The van der Waals surface area contributed by atoms with Gasteiger partial charge < -0.3 is 24.3 Å². The van der Waals surface area contributed by atoms with Gasteiger partial charge in [0.05, 0.1) is 24.9 Å². The van der Waals surface area contributed by atoms with E-state index in [4.69, 9.17) is 14.6 Å². The van der Waals surface area contributed by atoms with Crippen LogP contribution in [0.5, 0.6) is 5.75 Å². The average Bonchev–Trinajstić information content (AvgIpc) is 3.54. The Morgan fingerprint density at radius 3 is 2.38 bits per heavy atom. The topological polar surface area (TPSA) is 76.8 Å². The Hall–Kier alpha value is -4.19. The van der Waals surface area contributed by atoms with Crippen LogP contribution in [-0.4, -0.2) is 77.5 Å². The normalized spacial score (nSPS) is 15.0. The molecule has 1 amide bonds. The first kappa shape index (κ1) is 32.2. The van der Waals surface area contributed by atoms with Gasteiger partial charge in [-0.2, -0.15) is 18.3 Å². The molecule has 0 spiro atoms. The molecule has 1 fully saturated rings. The number of halogens is 3. The SMILES string of the molecule is COc1ccc(Cn2nc(-c3cc4c(NC5CCN(C)CC5)cccc4n3CC(F)(F)F)cc2N(C)C(=O)OC(C)(C)C)cc1. The molecule has 242 valence electrons. The smallest absolute Gasteiger partial charge is 0.415 e. The number of anilines is 2. The molecule has 2 aromatic carbocycles. The Bertz CT molecular complexity index is 1630. The first-order valence-electron chi connectivity index (χ1n) is 15.0. The Balaban J connectivity index is 1.60. The lowest BCUT2D eigenvalue weighted by Gasteiger charge is -2.30. The number of nitrogens with one attached hydrogen (secondary N) is 1. The Kier molecular flexibility index (Phi) is 9.06. The molecule has 5 rings (SSSR count). The van der Waals surface area contributed by atoms with Gasteiger partial charge in [0.1, 0.15) is 29.4 Å². The minimum Gasteiger partial charge on any atom is -0.497 e. The van der Waals surface area contributed by atoms with Gasteiger partial charge in [-0.05, 0) is 89.6 Å². The van der Waals surface area contributed by atoms with Crippen molar-refractivity contribution in [2.75, 3.05) is 44.5 Å². The van der Waals surface area contributed by atoms with Gasteiger partial charge in [-0.1, -0.05) is 18.2 Å². The molecule has 1 aliphatic heterocycles. The van der Waals surface area contributed by atoms with Crippen molar-refractivity contribution in [2.45, 2.75) is 64.5 Å². The summed E-state index contributed by atoms with van der Waals surface area (Å²) >= 11 is 0. The Morgan fingerprint density at radius 2 is 1.76 bits per heavy atom. The number of piperidine rings is 1. The summed E-state index contributed by atoms with van der Waals surface area (Å²) in [5, 5.41) is 9.05. The van der Waals surface area contributed by atoms with E-state index in [1.54, 1.807) is 63.9 Å². The number of benzene rings is 2. The van der Waals surface area contributed by atoms with Gasteiger partial charge in [0.15, 0.2) is 0 Å². The average molecular weight is 627 g/mol.